The quantitative estimate of drug-likeness (QED) is 0.265. The van der Waals surface area contributed by atoms with Gasteiger partial charge >= 0.3 is 0 Å². The molecule has 5 N–H and O–H groups in total. The Kier molecular flexibility index (Phi) is 2.40. The van der Waals surface area contributed by atoms with Crippen LogP contribution in [0.1, 0.15) is 0 Å². The second-order valence-electron chi connectivity index (χ2n) is 1.24. The fraction of sp³-hybridized carbons (Fsp3) is 0. The third-order valence-corrected chi connectivity index (χ3v) is 0.710. The van der Waals surface area contributed by atoms with Gasteiger partial charge in [-0.25, -0.2) is 0 Å². The lowest BCUT2D eigenvalue weighted by Crippen LogP contribution is -2.12. The molecule has 0 saturated carbocycles. The molecule has 0 spiro atoms. The van der Waals surface area contributed by atoms with Gasteiger partial charge in [0, 0.05) is 11.8 Å². The second kappa shape index (κ2) is 2.85. The van der Waals surface area contributed by atoms with Gasteiger partial charge in [-0.05, 0) is 0 Å². The molecule has 44 valence electrons. The molecular weight excluding hydrogens is 102 g/mol. The SMILES string of the molecule is C=C/C(=C\N)C(=N)N. The number of hydrogen-bond acceptors (Lipinski definition) is 2. The third kappa shape index (κ3) is 1.47. The van der Waals surface area contributed by atoms with Gasteiger partial charge in [-0.3, -0.25) is 5.41 Å². The van der Waals surface area contributed by atoms with Crippen molar-refractivity contribution in [2.24, 2.45) is 11.5 Å². The Labute approximate surface area is 48.2 Å². The Morgan fingerprint density at radius 2 is 2.12 bits per heavy atom. The minimum atomic E-state index is -0.0532. The molecule has 0 aromatic heterocycles. The van der Waals surface area contributed by atoms with Gasteiger partial charge in [-0.2, -0.15) is 0 Å². The summed E-state index contributed by atoms with van der Waals surface area (Å²) in [6, 6.07) is 0. The molecule has 0 aliphatic heterocycles. The van der Waals surface area contributed by atoms with Crippen LogP contribution in [-0.4, -0.2) is 5.84 Å². The Bertz CT molecular complexity index is 135. The average Bonchev–Trinajstić information content (AvgIpc) is 1.69. The molecule has 0 unspecified atom stereocenters. The molecule has 0 aliphatic carbocycles. The molecule has 0 atom stereocenters. The largest absolute Gasteiger partial charge is 0.404 e. The topological polar surface area (TPSA) is 75.9 Å². The fourth-order valence-electron chi connectivity index (χ4n) is 0.268. The van der Waals surface area contributed by atoms with Gasteiger partial charge < -0.3 is 11.5 Å². The highest BCUT2D eigenvalue weighted by Gasteiger charge is 1.89. The zero-order chi connectivity index (χ0) is 6.57. The fourth-order valence-corrected chi connectivity index (χ4v) is 0.268. The number of nitrogens with two attached hydrogens (primary N) is 2. The summed E-state index contributed by atoms with van der Waals surface area (Å²) in [5.41, 5.74) is 10.5. The number of amidine groups is 1. The predicted molar refractivity (Wildman–Crippen MR) is 34.4 cm³/mol. The van der Waals surface area contributed by atoms with E-state index in [2.05, 4.69) is 6.58 Å². The van der Waals surface area contributed by atoms with E-state index < -0.39 is 0 Å². The average molecular weight is 111 g/mol. The van der Waals surface area contributed by atoms with Gasteiger partial charge in [0.25, 0.3) is 0 Å². The first-order valence-corrected chi connectivity index (χ1v) is 2.11. The van der Waals surface area contributed by atoms with Gasteiger partial charge in [0.05, 0.1) is 0 Å². The molecule has 0 aromatic carbocycles. The standard InChI is InChI=1S/C5H9N3/c1-2-4(3-6)5(7)8/h2-3H,1,6H2,(H3,7,8)/b4-3+. The second-order valence-corrected chi connectivity index (χ2v) is 1.24. The summed E-state index contributed by atoms with van der Waals surface area (Å²) in [6.07, 6.45) is 2.68. The summed E-state index contributed by atoms with van der Waals surface area (Å²) in [5, 5.41) is 6.81. The van der Waals surface area contributed by atoms with Gasteiger partial charge in [0.15, 0.2) is 0 Å². The van der Waals surface area contributed by atoms with Crippen LogP contribution in [0.5, 0.6) is 0 Å². The van der Waals surface area contributed by atoms with Crippen molar-refractivity contribution in [3.63, 3.8) is 0 Å². The lowest BCUT2D eigenvalue weighted by molar-refractivity contribution is 1.41. The van der Waals surface area contributed by atoms with Crippen LogP contribution >= 0.6 is 0 Å². The number of hydrogen-bond donors (Lipinski definition) is 3. The van der Waals surface area contributed by atoms with Crippen LogP contribution in [0.15, 0.2) is 24.4 Å². The molecule has 0 bridgehead atoms. The smallest absolute Gasteiger partial charge is 0.124 e. The maximum Gasteiger partial charge on any atom is 0.124 e. The Hall–Kier alpha value is -1.25. The Morgan fingerprint density at radius 1 is 1.62 bits per heavy atom. The minimum Gasteiger partial charge on any atom is -0.404 e. The summed E-state index contributed by atoms with van der Waals surface area (Å²) in [5.74, 6) is -0.0532. The molecule has 0 radical (unpaired) electrons. The zero-order valence-electron chi connectivity index (χ0n) is 4.52. The van der Waals surface area contributed by atoms with E-state index in [0.717, 1.165) is 0 Å². The van der Waals surface area contributed by atoms with E-state index in [1.165, 1.54) is 12.3 Å². The van der Waals surface area contributed by atoms with E-state index in [1.54, 1.807) is 0 Å². The minimum absolute atomic E-state index is 0.0532. The highest BCUT2D eigenvalue weighted by atomic mass is 14.7. The first-order valence-electron chi connectivity index (χ1n) is 2.11. The van der Waals surface area contributed by atoms with E-state index >= 15 is 0 Å². The molecule has 0 fully saturated rings. The Balaban J connectivity index is 4.13. The molecule has 0 aliphatic rings. The third-order valence-electron chi connectivity index (χ3n) is 0.710. The molecule has 0 rings (SSSR count). The molecule has 3 nitrogen and oxygen atoms in total. The summed E-state index contributed by atoms with van der Waals surface area (Å²) in [7, 11) is 0. The highest BCUT2D eigenvalue weighted by molar-refractivity contribution is 5.96. The van der Waals surface area contributed by atoms with Crippen molar-refractivity contribution in [2.75, 3.05) is 0 Å². The Morgan fingerprint density at radius 3 is 2.12 bits per heavy atom. The summed E-state index contributed by atoms with van der Waals surface area (Å²) < 4.78 is 0. The lowest BCUT2D eigenvalue weighted by atomic mass is 10.3. The van der Waals surface area contributed by atoms with Gasteiger partial charge in [-0.1, -0.05) is 12.7 Å². The molecule has 0 aromatic rings. The van der Waals surface area contributed by atoms with Gasteiger partial charge in [-0.15, -0.1) is 0 Å². The van der Waals surface area contributed by atoms with E-state index in [-0.39, 0.29) is 5.84 Å². The van der Waals surface area contributed by atoms with Crippen molar-refractivity contribution in [3.05, 3.63) is 24.4 Å². The predicted octanol–water partition coefficient (Wildman–Crippen LogP) is -0.0490. The molecule has 8 heavy (non-hydrogen) atoms. The first-order chi connectivity index (χ1) is 3.72. The van der Waals surface area contributed by atoms with Crippen molar-refractivity contribution >= 4 is 5.84 Å². The maximum atomic E-state index is 6.81. The van der Waals surface area contributed by atoms with E-state index in [1.807, 2.05) is 0 Å². The van der Waals surface area contributed by atoms with Gasteiger partial charge in [0.2, 0.25) is 0 Å². The van der Waals surface area contributed by atoms with E-state index in [0.29, 0.717) is 5.57 Å². The van der Waals surface area contributed by atoms with Crippen LogP contribution in [0, 0.1) is 5.41 Å². The van der Waals surface area contributed by atoms with E-state index in [4.69, 9.17) is 16.9 Å². The normalized spacial score (nSPS) is 10.8. The first kappa shape index (κ1) is 6.75. The zero-order valence-corrected chi connectivity index (χ0v) is 4.52. The highest BCUT2D eigenvalue weighted by Crippen LogP contribution is 1.88. The summed E-state index contributed by atoms with van der Waals surface area (Å²) in [6.45, 7) is 3.38. The molecule has 0 saturated heterocycles. The van der Waals surface area contributed by atoms with Crippen LogP contribution in [0.2, 0.25) is 0 Å². The molecular formula is C5H9N3. The van der Waals surface area contributed by atoms with E-state index in [9.17, 15) is 0 Å². The molecule has 0 amide bonds. The molecule has 0 heterocycles. The lowest BCUT2D eigenvalue weighted by Gasteiger charge is -1.92. The van der Waals surface area contributed by atoms with Crippen LogP contribution in [-0.2, 0) is 0 Å². The number of rotatable bonds is 2. The van der Waals surface area contributed by atoms with Crippen LogP contribution < -0.4 is 11.5 Å². The van der Waals surface area contributed by atoms with Crippen LogP contribution in [0.25, 0.3) is 0 Å². The van der Waals surface area contributed by atoms with Crippen molar-refractivity contribution < 1.29 is 0 Å². The van der Waals surface area contributed by atoms with Gasteiger partial charge in [0.1, 0.15) is 5.84 Å². The number of nitrogens with one attached hydrogen (secondary N) is 1. The van der Waals surface area contributed by atoms with Crippen molar-refractivity contribution in [2.45, 2.75) is 0 Å². The summed E-state index contributed by atoms with van der Waals surface area (Å²) >= 11 is 0. The monoisotopic (exact) mass is 111 g/mol. The van der Waals surface area contributed by atoms with Crippen molar-refractivity contribution in [1.82, 2.24) is 0 Å². The van der Waals surface area contributed by atoms with Crippen molar-refractivity contribution in [1.29, 1.82) is 5.41 Å². The van der Waals surface area contributed by atoms with Crippen molar-refractivity contribution in [3.8, 4) is 0 Å². The van der Waals surface area contributed by atoms with Crippen LogP contribution in [0.3, 0.4) is 0 Å². The summed E-state index contributed by atoms with van der Waals surface area (Å²) in [4.78, 5) is 0. The molecule has 3 heteroatoms. The maximum absolute atomic E-state index is 6.81. The van der Waals surface area contributed by atoms with Crippen LogP contribution in [0.4, 0.5) is 0 Å².